The molecule has 3 N–H and O–H groups in total. The van der Waals surface area contributed by atoms with Gasteiger partial charge in [-0.15, -0.1) is 0 Å². The van der Waals surface area contributed by atoms with E-state index in [1.54, 1.807) is 18.2 Å². The van der Waals surface area contributed by atoms with Crippen LogP contribution in [0.3, 0.4) is 0 Å². The number of nitrogens with one attached hydrogen (secondary N) is 1. The fraction of sp³-hybridized carbons (Fsp3) is 0.273. The van der Waals surface area contributed by atoms with Crippen LogP contribution in [0.25, 0.3) is 0 Å². The van der Waals surface area contributed by atoms with Gasteiger partial charge in [-0.1, -0.05) is 6.07 Å². The maximum Gasteiger partial charge on any atom is 0.248 e. The summed E-state index contributed by atoms with van der Waals surface area (Å²) in [6.45, 7) is 0.848. The minimum absolute atomic E-state index is 0.428. The summed E-state index contributed by atoms with van der Waals surface area (Å²) >= 11 is 0. The van der Waals surface area contributed by atoms with Gasteiger partial charge in [-0.3, -0.25) is 10.2 Å². The largest absolute Gasteiger partial charge is 0.366 e. The third kappa shape index (κ3) is 1.83. The Balaban J connectivity index is 2.32. The maximum atomic E-state index is 11.0. The molecule has 4 nitrogen and oxygen atoms in total. The number of carbonyl (C=O) groups is 1. The van der Waals surface area contributed by atoms with E-state index < -0.39 is 5.91 Å². The molecule has 0 bridgehead atoms. The van der Waals surface area contributed by atoms with Gasteiger partial charge in [0.25, 0.3) is 0 Å². The topological polar surface area (TPSA) is 70.2 Å². The SMILES string of the molecule is N=C1CCCN1c1cccc(C(N)=O)c1. The van der Waals surface area contributed by atoms with Crippen molar-refractivity contribution in [2.45, 2.75) is 12.8 Å². The Bertz CT molecular complexity index is 414. The molecule has 0 radical (unpaired) electrons. The lowest BCUT2D eigenvalue weighted by Crippen LogP contribution is -2.23. The Labute approximate surface area is 88.2 Å². The number of amidine groups is 1. The van der Waals surface area contributed by atoms with Crippen molar-refractivity contribution in [1.29, 1.82) is 5.41 Å². The van der Waals surface area contributed by atoms with Gasteiger partial charge >= 0.3 is 0 Å². The van der Waals surface area contributed by atoms with Crippen molar-refractivity contribution in [2.75, 3.05) is 11.4 Å². The molecule has 0 aliphatic carbocycles. The third-order valence-corrected chi connectivity index (χ3v) is 2.56. The van der Waals surface area contributed by atoms with Gasteiger partial charge in [0, 0.05) is 24.2 Å². The molecule has 1 aliphatic rings. The van der Waals surface area contributed by atoms with Crippen LogP contribution >= 0.6 is 0 Å². The van der Waals surface area contributed by atoms with Gasteiger partial charge in [0.15, 0.2) is 0 Å². The molecule has 1 aromatic carbocycles. The summed E-state index contributed by atoms with van der Waals surface area (Å²) in [7, 11) is 0. The number of benzene rings is 1. The van der Waals surface area contributed by atoms with Crippen LogP contribution in [0.15, 0.2) is 24.3 Å². The molecule has 1 amide bonds. The van der Waals surface area contributed by atoms with Crippen molar-refractivity contribution in [3.8, 4) is 0 Å². The number of anilines is 1. The fourth-order valence-corrected chi connectivity index (χ4v) is 1.79. The monoisotopic (exact) mass is 203 g/mol. The van der Waals surface area contributed by atoms with E-state index in [0.29, 0.717) is 11.4 Å². The van der Waals surface area contributed by atoms with Crippen LogP contribution in [-0.4, -0.2) is 18.3 Å². The van der Waals surface area contributed by atoms with Gasteiger partial charge in [-0.2, -0.15) is 0 Å². The average molecular weight is 203 g/mol. The normalized spacial score (nSPS) is 15.7. The number of primary amides is 1. The summed E-state index contributed by atoms with van der Waals surface area (Å²) in [5.41, 5.74) is 6.58. The molecule has 78 valence electrons. The van der Waals surface area contributed by atoms with E-state index in [-0.39, 0.29) is 0 Å². The maximum absolute atomic E-state index is 11.0. The number of amides is 1. The highest BCUT2D eigenvalue weighted by molar-refractivity contribution is 5.99. The second-order valence-electron chi connectivity index (χ2n) is 3.62. The van der Waals surface area contributed by atoms with Gasteiger partial charge in [0.05, 0.1) is 0 Å². The van der Waals surface area contributed by atoms with Crippen LogP contribution in [0.1, 0.15) is 23.2 Å². The summed E-state index contributed by atoms with van der Waals surface area (Å²) in [6.07, 6.45) is 1.81. The standard InChI is InChI=1S/C11H13N3O/c12-10-5-2-6-14(10)9-4-1-3-8(7-9)11(13)15/h1,3-4,7,12H,2,5-6H2,(H2,13,15). The molecule has 1 aliphatic heterocycles. The van der Waals surface area contributed by atoms with Gasteiger partial charge in [-0.05, 0) is 24.6 Å². The second-order valence-corrected chi connectivity index (χ2v) is 3.62. The quantitative estimate of drug-likeness (QED) is 0.762. The highest BCUT2D eigenvalue weighted by Gasteiger charge is 2.18. The third-order valence-electron chi connectivity index (χ3n) is 2.56. The zero-order chi connectivity index (χ0) is 10.8. The molecule has 1 saturated heterocycles. The van der Waals surface area contributed by atoms with Crippen molar-refractivity contribution < 1.29 is 4.79 Å². The number of nitrogens with zero attached hydrogens (tertiary/aromatic N) is 1. The molecule has 0 saturated carbocycles. The molecule has 0 aromatic heterocycles. The minimum Gasteiger partial charge on any atom is -0.366 e. The van der Waals surface area contributed by atoms with Crippen LogP contribution in [0.2, 0.25) is 0 Å². The zero-order valence-electron chi connectivity index (χ0n) is 8.36. The summed E-state index contributed by atoms with van der Waals surface area (Å²) in [4.78, 5) is 12.9. The first kappa shape index (κ1) is 9.71. The number of rotatable bonds is 2. The fourth-order valence-electron chi connectivity index (χ4n) is 1.79. The first-order chi connectivity index (χ1) is 7.18. The highest BCUT2D eigenvalue weighted by atomic mass is 16.1. The minimum atomic E-state index is -0.428. The van der Waals surface area contributed by atoms with E-state index in [2.05, 4.69) is 0 Å². The van der Waals surface area contributed by atoms with E-state index in [0.717, 1.165) is 25.1 Å². The molecule has 4 heteroatoms. The molecule has 0 unspecified atom stereocenters. The summed E-state index contributed by atoms with van der Waals surface area (Å²) in [5.74, 6) is 0.180. The number of nitrogens with two attached hydrogens (primary N) is 1. The lowest BCUT2D eigenvalue weighted by molar-refractivity contribution is 0.100. The first-order valence-electron chi connectivity index (χ1n) is 4.93. The van der Waals surface area contributed by atoms with Crippen molar-refractivity contribution in [2.24, 2.45) is 5.73 Å². The summed E-state index contributed by atoms with van der Waals surface area (Å²) in [6, 6.07) is 7.11. The van der Waals surface area contributed by atoms with Gasteiger partial charge in [0.1, 0.15) is 5.84 Å². The summed E-state index contributed by atoms with van der Waals surface area (Å²) < 4.78 is 0. The van der Waals surface area contributed by atoms with Crippen molar-refractivity contribution in [3.05, 3.63) is 29.8 Å². The molecule has 1 heterocycles. The first-order valence-corrected chi connectivity index (χ1v) is 4.93. The van der Waals surface area contributed by atoms with Crippen LogP contribution in [0, 0.1) is 5.41 Å². The molecular weight excluding hydrogens is 190 g/mol. The number of carbonyl (C=O) groups excluding carboxylic acids is 1. The van der Waals surface area contributed by atoms with Gasteiger partial charge in [-0.25, -0.2) is 0 Å². The second kappa shape index (κ2) is 3.73. The van der Waals surface area contributed by atoms with Crippen molar-refractivity contribution in [3.63, 3.8) is 0 Å². The van der Waals surface area contributed by atoms with E-state index in [4.69, 9.17) is 11.1 Å². The Hall–Kier alpha value is -1.84. The molecule has 0 atom stereocenters. The van der Waals surface area contributed by atoms with Crippen LogP contribution < -0.4 is 10.6 Å². The van der Waals surface area contributed by atoms with Gasteiger partial charge in [0.2, 0.25) is 5.91 Å². The van der Waals surface area contributed by atoms with E-state index in [1.807, 2.05) is 11.0 Å². The molecule has 1 fully saturated rings. The molecule has 2 rings (SSSR count). The highest BCUT2D eigenvalue weighted by Crippen LogP contribution is 2.22. The number of hydrogen-bond donors (Lipinski definition) is 2. The van der Waals surface area contributed by atoms with Crippen LogP contribution in [-0.2, 0) is 0 Å². The molecule has 15 heavy (non-hydrogen) atoms. The van der Waals surface area contributed by atoms with E-state index in [9.17, 15) is 4.79 Å². The Morgan fingerprint density at radius 2 is 2.27 bits per heavy atom. The Morgan fingerprint density at radius 3 is 2.87 bits per heavy atom. The lowest BCUT2D eigenvalue weighted by atomic mass is 10.2. The number of hydrogen-bond acceptors (Lipinski definition) is 2. The van der Waals surface area contributed by atoms with Crippen LogP contribution in [0.4, 0.5) is 5.69 Å². The molecular formula is C11H13N3O. The van der Waals surface area contributed by atoms with E-state index in [1.165, 1.54) is 0 Å². The summed E-state index contributed by atoms with van der Waals surface area (Å²) in [5, 5.41) is 7.73. The molecule has 0 spiro atoms. The average Bonchev–Trinajstić information content (AvgIpc) is 2.64. The molecule has 1 aromatic rings. The van der Waals surface area contributed by atoms with Crippen LogP contribution in [0.5, 0.6) is 0 Å². The predicted molar refractivity (Wildman–Crippen MR) is 59.3 cm³/mol. The Kier molecular flexibility index (Phi) is 2.41. The smallest absolute Gasteiger partial charge is 0.248 e. The van der Waals surface area contributed by atoms with Crippen molar-refractivity contribution in [1.82, 2.24) is 0 Å². The lowest BCUT2D eigenvalue weighted by Gasteiger charge is -2.18. The van der Waals surface area contributed by atoms with E-state index >= 15 is 0 Å². The predicted octanol–water partition coefficient (Wildman–Crippen LogP) is 1.36. The van der Waals surface area contributed by atoms with Gasteiger partial charge < -0.3 is 10.6 Å². The zero-order valence-corrected chi connectivity index (χ0v) is 8.36. The van der Waals surface area contributed by atoms with Crippen molar-refractivity contribution >= 4 is 17.4 Å². The Morgan fingerprint density at radius 1 is 1.47 bits per heavy atom.